The van der Waals surface area contributed by atoms with E-state index in [2.05, 4.69) is 31.0 Å². The van der Waals surface area contributed by atoms with Crippen molar-refractivity contribution in [3.05, 3.63) is 23.3 Å². The number of H-pyrrole nitrogens is 1. The second kappa shape index (κ2) is 3.50. The number of aromatic nitrogens is 1. The average Bonchev–Trinajstić information content (AvgIpc) is 2.54. The third-order valence-corrected chi connectivity index (χ3v) is 2.97. The summed E-state index contributed by atoms with van der Waals surface area (Å²) in [6, 6.07) is 4.20. The van der Waals surface area contributed by atoms with E-state index in [-0.39, 0.29) is 0 Å². The molecule has 2 aromatic rings. The molecular formula is C12H17N3. The molecule has 5 N–H and O–H groups in total. The van der Waals surface area contributed by atoms with Crippen LogP contribution in [0.15, 0.2) is 12.1 Å². The number of benzene rings is 1. The van der Waals surface area contributed by atoms with E-state index in [0.717, 1.165) is 23.7 Å². The van der Waals surface area contributed by atoms with Crippen LogP contribution in [0.3, 0.4) is 0 Å². The van der Waals surface area contributed by atoms with E-state index in [0.29, 0.717) is 11.5 Å². The second-order valence-corrected chi connectivity index (χ2v) is 3.79. The van der Waals surface area contributed by atoms with Crippen LogP contribution < -0.4 is 11.5 Å². The molecule has 0 spiro atoms. The Bertz CT molecular complexity index is 497. The van der Waals surface area contributed by atoms with Gasteiger partial charge in [-0.05, 0) is 30.0 Å². The van der Waals surface area contributed by atoms with Crippen molar-refractivity contribution in [2.24, 2.45) is 0 Å². The first-order valence-corrected chi connectivity index (χ1v) is 5.36. The lowest BCUT2D eigenvalue weighted by atomic mass is 9.98. The van der Waals surface area contributed by atoms with Crippen LogP contribution in [0.2, 0.25) is 0 Å². The minimum Gasteiger partial charge on any atom is -0.395 e. The highest BCUT2D eigenvalue weighted by molar-refractivity contribution is 6.00. The van der Waals surface area contributed by atoms with Gasteiger partial charge in [-0.15, -0.1) is 0 Å². The number of fused-ring (bicyclic) bond motifs is 1. The summed E-state index contributed by atoms with van der Waals surface area (Å²) < 4.78 is 0. The number of nitrogen functional groups attached to an aromatic ring is 2. The minimum atomic E-state index is 0.577. The number of aryl methyl sites for hydroxylation is 2. The van der Waals surface area contributed by atoms with Gasteiger partial charge < -0.3 is 16.5 Å². The zero-order valence-electron chi connectivity index (χ0n) is 9.22. The Hall–Kier alpha value is -1.64. The van der Waals surface area contributed by atoms with Gasteiger partial charge in [0, 0.05) is 10.9 Å². The molecule has 1 aromatic carbocycles. The minimum absolute atomic E-state index is 0.577. The van der Waals surface area contributed by atoms with Gasteiger partial charge >= 0.3 is 0 Å². The third-order valence-electron chi connectivity index (χ3n) is 2.97. The molecule has 1 aromatic heterocycles. The number of anilines is 2. The Morgan fingerprint density at radius 2 is 1.87 bits per heavy atom. The van der Waals surface area contributed by atoms with Gasteiger partial charge in [-0.3, -0.25) is 0 Å². The van der Waals surface area contributed by atoms with Gasteiger partial charge in [-0.2, -0.15) is 0 Å². The molecular weight excluding hydrogens is 186 g/mol. The van der Waals surface area contributed by atoms with E-state index in [9.17, 15) is 0 Å². The molecule has 80 valence electrons. The fourth-order valence-electron chi connectivity index (χ4n) is 2.18. The van der Waals surface area contributed by atoms with Crippen molar-refractivity contribution in [2.45, 2.75) is 26.7 Å². The van der Waals surface area contributed by atoms with E-state index < -0.39 is 0 Å². The smallest absolute Gasteiger partial charge is 0.125 e. The molecule has 0 saturated carbocycles. The number of rotatable bonds is 2. The van der Waals surface area contributed by atoms with Gasteiger partial charge in [0.15, 0.2) is 0 Å². The molecule has 3 nitrogen and oxygen atoms in total. The van der Waals surface area contributed by atoms with E-state index in [1.165, 1.54) is 11.1 Å². The molecule has 0 unspecified atom stereocenters. The molecule has 3 heteroatoms. The van der Waals surface area contributed by atoms with Gasteiger partial charge in [-0.1, -0.05) is 19.9 Å². The summed E-state index contributed by atoms with van der Waals surface area (Å²) in [6.07, 6.45) is 2.02. The van der Waals surface area contributed by atoms with Gasteiger partial charge in [-0.25, -0.2) is 0 Å². The Morgan fingerprint density at radius 1 is 1.13 bits per heavy atom. The molecule has 0 fully saturated rings. The lowest BCUT2D eigenvalue weighted by Crippen LogP contribution is -1.95. The summed E-state index contributed by atoms with van der Waals surface area (Å²) in [5.74, 6) is 0.577. The number of nitrogens with two attached hydrogens (primary N) is 2. The summed E-state index contributed by atoms with van der Waals surface area (Å²) >= 11 is 0. The van der Waals surface area contributed by atoms with E-state index >= 15 is 0 Å². The monoisotopic (exact) mass is 203 g/mol. The Balaban J connectivity index is 2.85. The fraction of sp³-hybridized carbons (Fsp3) is 0.333. The summed E-state index contributed by atoms with van der Waals surface area (Å²) in [5, 5.41) is 1.11. The predicted octanol–water partition coefficient (Wildman–Crippen LogP) is 2.46. The first kappa shape index (κ1) is 9.90. The molecule has 0 aliphatic heterocycles. The van der Waals surface area contributed by atoms with Crippen molar-refractivity contribution in [1.82, 2.24) is 4.98 Å². The van der Waals surface area contributed by atoms with Crippen LogP contribution >= 0.6 is 0 Å². The van der Waals surface area contributed by atoms with E-state index in [1.54, 1.807) is 0 Å². The van der Waals surface area contributed by atoms with Crippen LogP contribution in [0.5, 0.6) is 0 Å². The van der Waals surface area contributed by atoms with Crippen LogP contribution in [0.1, 0.15) is 25.0 Å². The molecule has 0 radical (unpaired) electrons. The van der Waals surface area contributed by atoms with Crippen molar-refractivity contribution in [3.63, 3.8) is 0 Å². The topological polar surface area (TPSA) is 67.8 Å². The van der Waals surface area contributed by atoms with Crippen LogP contribution in [0.25, 0.3) is 10.9 Å². The van der Waals surface area contributed by atoms with Crippen LogP contribution in [-0.4, -0.2) is 4.98 Å². The van der Waals surface area contributed by atoms with Crippen molar-refractivity contribution >= 4 is 22.4 Å². The fourth-order valence-corrected chi connectivity index (χ4v) is 2.18. The maximum atomic E-state index is 5.98. The molecule has 0 bridgehead atoms. The maximum absolute atomic E-state index is 5.98. The summed E-state index contributed by atoms with van der Waals surface area (Å²) in [4.78, 5) is 3.11. The molecule has 0 amide bonds. The summed E-state index contributed by atoms with van der Waals surface area (Å²) in [5.41, 5.74) is 16.2. The normalized spacial score (nSPS) is 11.1. The first-order chi connectivity index (χ1) is 7.19. The van der Waals surface area contributed by atoms with Gasteiger partial charge in [0.25, 0.3) is 0 Å². The van der Waals surface area contributed by atoms with Crippen molar-refractivity contribution in [1.29, 1.82) is 0 Å². The van der Waals surface area contributed by atoms with E-state index in [1.807, 2.05) is 0 Å². The highest BCUT2D eigenvalue weighted by Gasteiger charge is 2.11. The van der Waals surface area contributed by atoms with Crippen LogP contribution in [0, 0.1) is 0 Å². The maximum Gasteiger partial charge on any atom is 0.125 e. The summed E-state index contributed by atoms with van der Waals surface area (Å²) in [6.45, 7) is 4.31. The molecule has 15 heavy (non-hydrogen) atoms. The highest BCUT2D eigenvalue weighted by Crippen LogP contribution is 2.32. The molecule has 0 saturated heterocycles. The van der Waals surface area contributed by atoms with Gasteiger partial charge in [0.2, 0.25) is 0 Å². The van der Waals surface area contributed by atoms with Crippen molar-refractivity contribution < 1.29 is 0 Å². The average molecular weight is 203 g/mol. The zero-order valence-corrected chi connectivity index (χ0v) is 9.22. The van der Waals surface area contributed by atoms with Crippen molar-refractivity contribution in [2.75, 3.05) is 11.5 Å². The molecule has 0 aliphatic rings. The first-order valence-electron chi connectivity index (χ1n) is 5.36. The van der Waals surface area contributed by atoms with E-state index in [4.69, 9.17) is 11.5 Å². The van der Waals surface area contributed by atoms with Gasteiger partial charge in [0.1, 0.15) is 5.82 Å². The Labute approximate surface area is 89.5 Å². The predicted molar refractivity (Wildman–Crippen MR) is 65.9 cm³/mol. The number of hydrogen-bond donors (Lipinski definition) is 3. The second-order valence-electron chi connectivity index (χ2n) is 3.79. The van der Waals surface area contributed by atoms with Crippen LogP contribution in [-0.2, 0) is 12.8 Å². The lowest BCUT2D eigenvalue weighted by molar-refractivity contribution is 1.05. The highest BCUT2D eigenvalue weighted by atomic mass is 14.9. The number of aromatic amines is 1. The quantitative estimate of drug-likeness (QED) is 0.701. The largest absolute Gasteiger partial charge is 0.395 e. The standard InChI is InChI=1S/C12H17N3/c1-3-7-5-6-9-10(8(7)4-2)11(13)12(14)15-9/h5-6,15H,3-4,13-14H2,1-2H3. The molecule has 2 rings (SSSR count). The number of nitrogens with one attached hydrogen (secondary N) is 1. The zero-order chi connectivity index (χ0) is 11.0. The lowest BCUT2D eigenvalue weighted by Gasteiger charge is -2.07. The SMILES string of the molecule is CCc1ccc2[nH]c(N)c(N)c2c1CC. The summed E-state index contributed by atoms with van der Waals surface area (Å²) in [7, 11) is 0. The Kier molecular flexibility index (Phi) is 2.31. The molecule has 1 heterocycles. The molecule has 0 aliphatic carbocycles. The molecule has 0 atom stereocenters. The number of hydrogen-bond acceptors (Lipinski definition) is 2. The Morgan fingerprint density at radius 3 is 2.47 bits per heavy atom. The van der Waals surface area contributed by atoms with Crippen LogP contribution in [0.4, 0.5) is 11.5 Å². The third kappa shape index (κ3) is 1.35. The van der Waals surface area contributed by atoms with Crippen molar-refractivity contribution in [3.8, 4) is 0 Å². The van der Waals surface area contributed by atoms with Gasteiger partial charge in [0.05, 0.1) is 5.69 Å².